The second-order valence-corrected chi connectivity index (χ2v) is 4.10. The number of halogens is 3. The van der Waals surface area contributed by atoms with Crippen molar-refractivity contribution in [1.82, 2.24) is 0 Å². The van der Waals surface area contributed by atoms with Crippen molar-refractivity contribution in [2.75, 3.05) is 0 Å². The van der Waals surface area contributed by atoms with E-state index in [9.17, 15) is 0 Å². The molecule has 0 amide bonds. The molecular weight excluding hydrogens is 259 g/mol. The fourth-order valence-corrected chi connectivity index (χ4v) is 2.42. The monoisotopic (exact) mass is 266 g/mol. The lowest BCUT2D eigenvalue weighted by Gasteiger charge is -2.07. The number of alkyl halides is 1. The molecule has 0 atom stereocenters. The highest BCUT2D eigenvalue weighted by atomic mass is 79.9. The first kappa shape index (κ1) is 10.4. The quantitative estimate of drug-likeness (QED) is 0.697. The molecule has 0 aliphatic carbocycles. The van der Waals surface area contributed by atoms with Gasteiger partial charge in [-0.05, 0) is 29.7 Å². The predicted octanol–water partition coefficient (Wildman–Crippen LogP) is 4.40. The normalized spacial score (nSPS) is 10.3. The van der Waals surface area contributed by atoms with E-state index in [2.05, 4.69) is 22.9 Å². The lowest BCUT2D eigenvalue weighted by Crippen LogP contribution is -1.90. The molecule has 0 aliphatic heterocycles. The standard InChI is InChI=1S/C9H9BrCl2/c1-2-8-6(5-11)3-7(10)4-9(8)12/h3-4H,2,5H2,1H3. The SMILES string of the molecule is CCc1c(Cl)cc(Br)cc1CCl. The molecule has 1 aromatic carbocycles. The Balaban J connectivity index is 3.24. The molecule has 3 heteroatoms. The van der Waals surface area contributed by atoms with Crippen LogP contribution >= 0.6 is 39.1 Å². The summed E-state index contributed by atoms with van der Waals surface area (Å²) < 4.78 is 0.986. The molecule has 0 bridgehead atoms. The molecule has 1 aromatic rings. The topological polar surface area (TPSA) is 0 Å². The molecule has 0 fully saturated rings. The summed E-state index contributed by atoms with van der Waals surface area (Å²) in [4.78, 5) is 0. The van der Waals surface area contributed by atoms with Gasteiger partial charge in [-0.15, -0.1) is 11.6 Å². The van der Waals surface area contributed by atoms with Crippen LogP contribution in [0.4, 0.5) is 0 Å². The first-order valence-corrected chi connectivity index (χ1v) is 5.42. The van der Waals surface area contributed by atoms with Gasteiger partial charge in [-0.25, -0.2) is 0 Å². The van der Waals surface area contributed by atoms with Crippen molar-refractivity contribution in [3.05, 3.63) is 32.8 Å². The van der Waals surface area contributed by atoms with Crippen molar-refractivity contribution in [2.24, 2.45) is 0 Å². The van der Waals surface area contributed by atoms with Gasteiger partial charge in [0.15, 0.2) is 0 Å². The summed E-state index contributed by atoms with van der Waals surface area (Å²) in [5.41, 5.74) is 2.26. The number of hydrogen-bond acceptors (Lipinski definition) is 0. The largest absolute Gasteiger partial charge is 0.122 e. The van der Waals surface area contributed by atoms with Gasteiger partial charge in [0, 0.05) is 15.4 Å². The fourth-order valence-electron chi connectivity index (χ4n) is 1.17. The highest BCUT2D eigenvalue weighted by Crippen LogP contribution is 2.27. The summed E-state index contributed by atoms with van der Waals surface area (Å²) in [7, 11) is 0. The third-order valence-corrected chi connectivity index (χ3v) is 2.83. The molecule has 0 saturated carbocycles. The summed E-state index contributed by atoms with van der Waals surface area (Å²) in [6, 6.07) is 3.91. The van der Waals surface area contributed by atoms with Crippen molar-refractivity contribution in [3.63, 3.8) is 0 Å². The van der Waals surface area contributed by atoms with Crippen LogP contribution in [0.5, 0.6) is 0 Å². The Labute approximate surface area is 91.0 Å². The van der Waals surface area contributed by atoms with Crippen molar-refractivity contribution in [2.45, 2.75) is 19.2 Å². The molecule has 0 spiro atoms. The van der Waals surface area contributed by atoms with Gasteiger partial charge in [-0.3, -0.25) is 0 Å². The van der Waals surface area contributed by atoms with Crippen LogP contribution in [0.1, 0.15) is 18.1 Å². The summed E-state index contributed by atoms with van der Waals surface area (Å²) in [6.45, 7) is 2.07. The average Bonchev–Trinajstić information content (AvgIpc) is 2.03. The average molecular weight is 268 g/mol. The Hall–Kier alpha value is 0.280. The van der Waals surface area contributed by atoms with Crippen LogP contribution < -0.4 is 0 Å². The van der Waals surface area contributed by atoms with Crippen LogP contribution in [-0.4, -0.2) is 0 Å². The van der Waals surface area contributed by atoms with E-state index in [1.54, 1.807) is 0 Å². The van der Waals surface area contributed by atoms with E-state index in [1.807, 2.05) is 12.1 Å². The van der Waals surface area contributed by atoms with E-state index in [1.165, 1.54) is 0 Å². The minimum Gasteiger partial charge on any atom is -0.122 e. The molecule has 0 N–H and O–H groups in total. The Kier molecular flexibility index (Phi) is 3.88. The maximum atomic E-state index is 6.02. The molecular formula is C9H9BrCl2. The zero-order valence-corrected chi connectivity index (χ0v) is 9.80. The molecule has 0 aromatic heterocycles. The van der Waals surface area contributed by atoms with Crippen molar-refractivity contribution in [3.8, 4) is 0 Å². The number of rotatable bonds is 2. The van der Waals surface area contributed by atoms with Crippen LogP contribution in [0, 0.1) is 0 Å². The van der Waals surface area contributed by atoms with E-state index in [-0.39, 0.29) is 0 Å². The minimum absolute atomic E-state index is 0.516. The molecule has 1 rings (SSSR count). The Bertz CT molecular complexity index is 284. The van der Waals surface area contributed by atoms with E-state index >= 15 is 0 Å². The van der Waals surface area contributed by atoms with Crippen LogP contribution in [-0.2, 0) is 12.3 Å². The molecule has 0 heterocycles. The number of hydrogen-bond donors (Lipinski definition) is 0. The molecule has 66 valence electrons. The maximum absolute atomic E-state index is 6.02. The Morgan fingerprint density at radius 3 is 2.58 bits per heavy atom. The highest BCUT2D eigenvalue weighted by molar-refractivity contribution is 9.10. The zero-order valence-electron chi connectivity index (χ0n) is 6.70. The van der Waals surface area contributed by atoms with Gasteiger partial charge in [-0.2, -0.15) is 0 Å². The second-order valence-electron chi connectivity index (χ2n) is 2.51. The molecule has 12 heavy (non-hydrogen) atoms. The first-order valence-electron chi connectivity index (χ1n) is 3.71. The van der Waals surface area contributed by atoms with E-state index in [0.717, 1.165) is 27.0 Å². The van der Waals surface area contributed by atoms with Gasteiger partial charge in [0.05, 0.1) is 0 Å². The van der Waals surface area contributed by atoms with E-state index < -0.39 is 0 Å². The Morgan fingerprint density at radius 2 is 2.08 bits per heavy atom. The highest BCUT2D eigenvalue weighted by Gasteiger charge is 2.05. The van der Waals surface area contributed by atoms with E-state index in [0.29, 0.717) is 5.88 Å². The molecule has 0 saturated heterocycles. The third-order valence-electron chi connectivity index (χ3n) is 1.75. The maximum Gasteiger partial charge on any atom is 0.0477 e. The lowest BCUT2D eigenvalue weighted by molar-refractivity contribution is 1.10. The van der Waals surface area contributed by atoms with Crippen LogP contribution in [0.25, 0.3) is 0 Å². The summed E-state index contributed by atoms with van der Waals surface area (Å²) in [5.74, 6) is 0.516. The molecule has 0 radical (unpaired) electrons. The Morgan fingerprint density at radius 1 is 1.42 bits per heavy atom. The van der Waals surface area contributed by atoms with Crippen molar-refractivity contribution >= 4 is 39.1 Å². The molecule has 0 unspecified atom stereocenters. The van der Waals surface area contributed by atoms with Gasteiger partial charge in [0.2, 0.25) is 0 Å². The van der Waals surface area contributed by atoms with Gasteiger partial charge in [-0.1, -0.05) is 34.5 Å². The van der Waals surface area contributed by atoms with Crippen LogP contribution in [0.2, 0.25) is 5.02 Å². The minimum atomic E-state index is 0.516. The predicted molar refractivity (Wildman–Crippen MR) is 58.1 cm³/mol. The van der Waals surface area contributed by atoms with Gasteiger partial charge < -0.3 is 0 Å². The van der Waals surface area contributed by atoms with Crippen molar-refractivity contribution in [1.29, 1.82) is 0 Å². The zero-order chi connectivity index (χ0) is 9.14. The van der Waals surface area contributed by atoms with Gasteiger partial charge in [0.1, 0.15) is 0 Å². The summed E-state index contributed by atoms with van der Waals surface area (Å²) >= 11 is 15.2. The molecule has 0 nitrogen and oxygen atoms in total. The third kappa shape index (κ3) is 2.15. The summed E-state index contributed by atoms with van der Waals surface area (Å²) in [5, 5.41) is 0.794. The lowest BCUT2D eigenvalue weighted by atomic mass is 10.1. The van der Waals surface area contributed by atoms with Crippen LogP contribution in [0.15, 0.2) is 16.6 Å². The second kappa shape index (κ2) is 4.50. The smallest absolute Gasteiger partial charge is 0.0477 e. The van der Waals surface area contributed by atoms with E-state index in [4.69, 9.17) is 23.2 Å². The van der Waals surface area contributed by atoms with Crippen LogP contribution in [0.3, 0.4) is 0 Å². The molecule has 0 aliphatic rings. The fraction of sp³-hybridized carbons (Fsp3) is 0.333. The number of benzene rings is 1. The van der Waals surface area contributed by atoms with Gasteiger partial charge in [0.25, 0.3) is 0 Å². The summed E-state index contributed by atoms with van der Waals surface area (Å²) in [6.07, 6.45) is 0.925. The first-order chi connectivity index (χ1) is 5.69. The van der Waals surface area contributed by atoms with Crippen molar-refractivity contribution < 1.29 is 0 Å². The van der Waals surface area contributed by atoms with Gasteiger partial charge >= 0.3 is 0 Å².